The van der Waals surface area contributed by atoms with Gasteiger partial charge in [-0.3, -0.25) is 0 Å². The van der Waals surface area contributed by atoms with E-state index in [-0.39, 0.29) is 5.25 Å². The number of sulfone groups is 1. The molecule has 1 saturated heterocycles. The molecule has 3 N–H and O–H groups in total. The zero-order valence-corrected chi connectivity index (χ0v) is 12.3. The first kappa shape index (κ1) is 12.9. The van der Waals surface area contributed by atoms with Crippen molar-refractivity contribution >= 4 is 43.8 Å². The monoisotopic (exact) mass is 366 g/mol. The van der Waals surface area contributed by atoms with Crippen LogP contribution in [0.2, 0.25) is 0 Å². The molecule has 0 radical (unpaired) electrons. The molecule has 4 nitrogen and oxygen atoms in total. The van der Waals surface area contributed by atoms with Gasteiger partial charge < -0.3 is 11.1 Å². The Kier molecular flexibility index (Phi) is 3.82. The standard InChI is InChI=1S/C11H15IN2O2S/c12-10-6-8(13)3-4-11(10)14-7-9-2-1-5-17(9,15)16/h3-4,6,9,14H,1-2,5,7,13H2. The second kappa shape index (κ2) is 5.01. The van der Waals surface area contributed by atoms with E-state index in [9.17, 15) is 8.42 Å². The molecule has 0 aromatic heterocycles. The van der Waals surface area contributed by atoms with Crippen molar-refractivity contribution in [3.8, 4) is 0 Å². The topological polar surface area (TPSA) is 72.2 Å². The van der Waals surface area contributed by atoms with E-state index >= 15 is 0 Å². The zero-order valence-electron chi connectivity index (χ0n) is 9.32. The molecule has 0 spiro atoms. The van der Waals surface area contributed by atoms with Gasteiger partial charge in [-0.2, -0.15) is 0 Å². The third-order valence-electron chi connectivity index (χ3n) is 2.98. The van der Waals surface area contributed by atoms with Crippen LogP contribution in [-0.4, -0.2) is 26.0 Å². The molecular formula is C11H15IN2O2S. The molecule has 1 heterocycles. The Balaban J connectivity index is 2.03. The second-order valence-corrected chi connectivity index (χ2v) is 7.81. The van der Waals surface area contributed by atoms with Gasteiger partial charge in [-0.05, 0) is 53.6 Å². The normalized spacial score (nSPS) is 22.5. The molecule has 1 fully saturated rings. The average Bonchev–Trinajstić information content (AvgIpc) is 2.57. The van der Waals surface area contributed by atoms with Crippen molar-refractivity contribution < 1.29 is 8.42 Å². The van der Waals surface area contributed by atoms with Crippen molar-refractivity contribution in [3.05, 3.63) is 21.8 Å². The van der Waals surface area contributed by atoms with E-state index in [0.29, 0.717) is 18.0 Å². The molecule has 94 valence electrons. The molecule has 1 aromatic rings. The van der Waals surface area contributed by atoms with E-state index in [2.05, 4.69) is 27.9 Å². The summed E-state index contributed by atoms with van der Waals surface area (Å²) in [6.07, 6.45) is 1.55. The lowest BCUT2D eigenvalue weighted by molar-refractivity contribution is 0.591. The third-order valence-corrected chi connectivity index (χ3v) is 6.14. The van der Waals surface area contributed by atoms with Gasteiger partial charge in [-0.15, -0.1) is 0 Å². The Hall–Kier alpha value is -0.500. The molecule has 1 unspecified atom stereocenters. The fraction of sp³-hybridized carbons (Fsp3) is 0.455. The van der Waals surface area contributed by atoms with Gasteiger partial charge in [0.05, 0.1) is 11.0 Å². The van der Waals surface area contributed by atoms with Gasteiger partial charge in [0.1, 0.15) is 0 Å². The molecule has 2 rings (SSSR count). The summed E-state index contributed by atoms with van der Waals surface area (Å²) in [6.45, 7) is 0.488. The van der Waals surface area contributed by atoms with Crippen LogP contribution in [0.5, 0.6) is 0 Å². The summed E-state index contributed by atoms with van der Waals surface area (Å²) in [7, 11) is -2.87. The molecule has 0 amide bonds. The molecule has 1 aromatic carbocycles. The number of hydrogen-bond donors (Lipinski definition) is 2. The van der Waals surface area contributed by atoms with Gasteiger partial charge in [0.15, 0.2) is 9.84 Å². The minimum absolute atomic E-state index is 0.240. The molecule has 17 heavy (non-hydrogen) atoms. The van der Waals surface area contributed by atoms with Crippen LogP contribution < -0.4 is 11.1 Å². The number of benzene rings is 1. The highest BCUT2D eigenvalue weighted by atomic mass is 127. The zero-order chi connectivity index (χ0) is 12.5. The Morgan fingerprint density at radius 3 is 2.82 bits per heavy atom. The van der Waals surface area contributed by atoms with Crippen LogP contribution in [0.3, 0.4) is 0 Å². The summed E-state index contributed by atoms with van der Waals surface area (Å²) in [6, 6.07) is 5.57. The molecule has 1 aliphatic rings. The number of hydrogen-bond acceptors (Lipinski definition) is 4. The summed E-state index contributed by atoms with van der Waals surface area (Å²) in [4.78, 5) is 0. The molecule has 0 aliphatic carbocycles. The van der Waals surface area contributed by atoms with Gasteiger partial charge >= 0.3 is 0 Å². The predicted octanol–water partition coefficient (Wildman–Crippen LogP) is 1.86. The van der Waals surface area contributed by atoms with E-state index in [1.807, 2.05) is 18.2 Å². The van der Waals surface area contributed by atoms with Crippen molar-refractivity contribution in [1.29, 1.82) is 0 Å². The minimum atomic E-state index is -2.87. The maximum Gasteiger partial charge on any atom is 0.154 e. The van der Waals surface area contributed by atoms with Gasteiger partial charge in [-0.25, -0.2) is 8.42 Å². The molecule has 6 heteroatoms. The maximum atomic E-state index is 11.7. The molecular weight excluding hydrogens is 351 g/mol. The highest BCUT2D eigenvalue weighted by Gasteiger charge is 2.30. The van der Waals surface area contributed by atoms with Gasteiger partial charge in [-0.1, -0.05) is 0 Å². The predicted molar refractivity (Wildman–Crippen MR) is 78.9 cm³/mol. The Morgan fingerprint density at radius 1 is 1.47 bits per heavy atom. The summed E-state index contributed by atoms with van der Waals surface area (Å²) in [5.41, 5.74) is 7.32. The fourth-order valence-electron chi connectivity index (χ4n) is 1.99. The number of nitrogens with one attached hydrogen (secondary N) is 1. The smallest absolute Gasteiger partial charge is 0.154 e. The quantitative estimate of drug-likeness (QED) is 0.633. The van der Waals surface area contributed by atoms with Crippen LogP contribution in [0.15, 0.2) is 18.2 Å². The van der Waals surface area contributed by atoms with Crippen LogP contribution in [0.4, 0.5) is 11.4 Å². The SMILES string of the molecule is Nc1ccc(NCC2CCCS2(=O)=O)c(I)c1. The van der Waals surface area contributed by atoms with Crippen molar-refractivity contribution in [2.24, 2.45) is 0 Å². The number of anilines is 2. The van der Waals surface area contributed by atoms with E-state index in [1.165, 1.54) is 0 Å². The minimum Gasteiger partial charge on any atom is -0.399 e. The number of nitrogen functional groups attached to an aromatic ring is 1. The maximum absolute atomic E-state index is 11.7. The third kappa shape index (κ3) is 3.04. The van der Waals surface area contributed by atoms with Crippen molar-refractivity contribution in [2.75, 3.05) is 23.3 Å². The van der Waals surface area contributed by atoms with Crippen LogP contribution in [0.1, 0.15) is 12.8 Å². The number of halogens is 1. The molecule has 0 bridgehead atoms. The average molecular weight is 366 g/mol. The molecule has 1 aliphatic heterocycles. The van der Waals surface area contributed by atoms with Crippen LogP contribution in [0.25, 0.3) is 0 Å². The Bertz CT molecular complexity index is 516. The second-order valence-electron chi connectivity index (χ2n) is 4.25. The summed E-state index contributed by atoms with van der Waals surface area (Å²) in [5, 5.41) is 2.96. The number of nitrogens with two attached hydrogens (primary N) is 1. The Labute approximate surface area is 115 Å². The molecule has 0 saturated carbocycles. The van der Waals surface area contributed by atoms with E-state index in [4.69, 9.17) is 5.73 Å². The van der Waals surface area contributed by atoms with Gasteiger partial charge in [0.2, 0.25) is 0 Å². The van der Waals surface area contributed by atoms with E-state index in [0.717, 1.165) is 22.1 Å². The van der Waals surface area contributed by atoms with Crippen LogP contribution in [-0.2, 0) is 9.84 Å². The first-order chi connectivity index (χ1) is 7.99. The van der Waals surface area contributed by atoms with Crippen molar-refractivity contribution in [1.82, 2.24) is 0 Å². The van der Waals surface area contributed by atoms with E-state index < -0.39 is 9.84 Å². The van der Waals surface area contributed by atoms with Crippen LogP contribution in [0, 0.1) is 3.57 Å². The Morgan fingerprint density at radius 2 is 2.24 bits per heavy atom. The lowest BCUT2D eigenvalue weighted by atomic mass is 10.2. The van der Waals surface area contributed by atoms with Crippen molar-refractivity contribution in [2.45, 2.75) is 18.1 Å². The van der Waals surface area contributed by atoms with Gasteiger partial charge in [0, 0.05) is 21.5 Å². The largest absolute Gasteiger partial charge is 0.399 e. The van der Waals surface area contributed by atoms with E-state index in [1.54, 1.807) is 0 Å². The number of rotatable bonds is 3. The summed E-state index contributed by atoms with van der Waals surface area (Å²) < 4.78 is 24.3. The first-order valence-electron chi connectivity index (χ1n) is 5.49. The van der Waals surface area contributed by atoms with Crippen molar-refractivity contribution in [3.63, 3.8) is 0 Å². The lowest BCUT2D eigenvalue weighted by Crippen LogP contribution is -2.25. The summed E-state index contributed by atoms with van der Waals surface area (Å²) in [5.74, 6) is 0.332. The highest BCUT2D eigenvalue weighted by Crippen LogP contribution is 2.24. The van der Waals surface area contributed by atoms with Crippen LogP contribution >= 0.6 is 22.6 Å². The van der Waals surface area contributed by atoms with Gasteiger partial charge in [0.25, 0.3) is 0 Å². The summed E-state index contributed by atoms with van der Waals surface area (Å²) >= 11 is 2.19. The lowest BCUT2D eigenvalue weighted by Gasteiger charge is -2.13. The fourth-order valence-corrected chi connectivity index (χ4v) is 4.48. The molecule has 1 atom stereocenters. The first-order valence-corrected chi connectivity index (χ1v) is 8.29. The highest BCUT2D eigenvalue weighted by molar-refractivity contribution is 14.1.